The number of rotatable bonds is 4. The lowest BCUT2D eigenvalue weighted by Gasteiger charge is -2.36. The van der Waals surface area contributed by atoms with E-state index in [4.69, 9.17) is 14.6 Å². The van der Waals surface area contributed by atoms with E-state index < -0.39 is 18.2 Å². The molecule has 1 aliphatic rings. The molecule has 0 spiro atoms. The van der Waals surface area contributed by atoms with Crippen molar-refractivity contribution in [3.63, 3.8) is 0 Å². The number of halogens is 1. The molecule has 1 fully saturated rings. The molecule has 22 heavy (non-hydrogen) atoms. The average Bonchev–Trinajstić information content (AvgIpc) is 2.48. The van der Waals surface area contributed by atoms with E-state index in [1.165, 1.54) is 4.90 Å². The summed E-state index contributed by atoms with van der Waals surface area (Å²) < 4.78 is 11.7. The summed E-state index contributed by atoms with van der Waals surface area (Å²) in [5.74, 6) is -0.750. The Labute approximate surface area is 137 Å². The number of amides is 1. The first-order valence-electron chi connectivity index (χ1n) is 6.96. The predicted octanol–water partition coefficient (Wildman–Crippen LogP) is 1.92. The minimum absolute atomic E-state index is 0.0299. The molecule has 1 aromatic carbocycles. The summed E-state index contributed by atoms with van der Waals surface area (Å²) in [6, 6.07) is 7.25. The van der Waals surface area contributed by atoms with Crippen LogP contribution in [0.5, 0.6) is 5.75 Å². The van der Waals surface area contributed by atoms with Crippen molar-refractivity contribution in [2.45, 2.75) is 32.2 Å². The number of carboxylic acid groups (broad SMARTS) is 1. The van der Waals surface area contributed by atoms with Gasteiger partial charge in [0.15, 0.2) is 12.2 Å². The van der Waals surface area contributed by atoms with E-state index >= 15 is 0 Å². The molecule has 0 aromatic heterocycles. The lowest BCUT2D eigenvalue weighted by molar-refractivity contribution is -0.168. The molecule has 1 aromatic rings. The molecule has 120 valence electrons. The molecule has 3 atom stereocenters. The number of hydrogen-bond donors (Lipinski definition) is 1. The zero-order chi connectivity index (χ0) is 16.3. The van der Waals surface area contributed by atoms with Gasteiger partial charge < -0.3 is 19.5 Å². The van der Waals surface area contributed by atoms with Crippen molar-refractivity contribution in [1.82, 2.24) is 4.90 Å². The summed E-state index contributed by atoms with van der Waals surface area (Å²) in [5.41, 5.74) is 0. The van der Waals surface area contributed by atoms with Gasteiger partial charge >= 0.3 is 5.97 Å². The standard InChI is InChI=1S/C15H18BrNO5/c1-9-7-17(8-13(21-9)15(19)20)14(18)10(2)22-12-6-4-3-5-11(12)16/h3-6,9-10,13H,7-8H2,1-2H3,(H,19,20)/t9-,10?,13?/m1/s1. The number of carbonyl (C=O) groups is 2. The molecule has 1 aliphatic heterocycles. The second kappa shape index (κ2) is 7.11. The van der Waals surface area contributed by atoms with Crippen LogP contribution in [0, 0.1) is 0 Å². The lowest BCUT2D eigenvalue weighted by atomic mass is 10.2. The van der Waals surface area contributed by atoms with Crippen LogP contribution in [0.3, 0.4) is 0 Å². The van der Waals surface area contributed by atoms with Crippen molar-refractivity contribution >= 4 is 27.8 Å². The summed E-state index contributed by atoms with van der Waals surface area (Å²) in [7, 11) is 0. The quantitative estimate of drug-likeness (QED) is 0.874. The third-order valence-corrected chi connectivity index (χ3v) is 3.99. The second-order valence-electron chi connectivity index (χ2n) is 5.21. The Hall–Kier alpha value is -1.60. The van der Waals surface area contributed by atoms with E-state index in [1.54, 1.807) is 19.9 Å². The highest BCUT2D eigenvalue weighted by Crippen LogP contribution is 2.25. The Kier molecular flexibility index (Phi) is 5.42. The predicted molar refractivity (Wildman–Crippen MR) is 82.8 cm³/mol. The molecule has 7 heteroatoms. The van der Waals surface area contributed by atoms with Gasteiger partial charge in [0.2, 0.25) is 0 Å². The van der Waals surface area contributed by atoms with Crippen LogP contribution < -0.4 is 4.74 Å². The van der Waals surface area contributed by atoms with Crippen molar-refractivity contribution in [2.24, 2.45) is 0 Å². The maximum absolute atomic E-state index is 12.5. The second-order valence-corrected chi connectivity index (χ2v) is 6.06. The first-order valence-corrected chi connectivity index (χ1v) is 7.76. The van der Waals surface area contributed by atoms with Crippen molar-refractivity contribution in [3.05, 3.63) is 28.7 Å². The molecule has 0 radical (unpaired) electrons. The average molecular weight is 372 g/mol. The third kappa shape index (κ3) is 3.98. The van der Waals surface area contributed by atoms with Crippen LogP contribution in [-0.2, 0) is 14.3 Å². The largest absolute Gasteiger partial charge is 0.480 e. The zero-order valence-electron chi connectivity index (χ0n) is 12.4. The van der Waals surface area contributed by atoms with Gasteiger partial charge in [-0.15, -0.1) is 0 Å². The van der Waals surface area contributed by atoms with E-state index in [-0.39, 0.29) is 18.6 Å². The number of para-hydroxylation sites is 1. The van der Waals surface area contributed by atoms with Crippen molar-refractivity contribution < 1.29 is 24.2 Å². The molecule has 0 saturated carbocycles. The molecule has 1 heterocycles. The van der Waals surface area contributed by atoms with Crippen molar-refractivity contribution in [3.8, 4) is 5.75 Å². The molecule has 0 aliphatic carbocycles. The van der Waals surface area contributed by atoms with Crippen molar-refractivity contribution in [1.29, 1.82) is 0 Å². The van der Waals surface area contributed by atoms with E-state index in [0.717, 1.165) is 4.47 Å². The van der Waals surface area contributed by atoms with Crippen LogP contribution in [0.25, 0.3) is 0 Å². The Morgan fingerprint density at radius 3 is 2.73 bits per heavy atom. The van der Waals surface area contributed by atoms with Gasteiger partial charge in [0.25, 0.3) is 5.91 Å². The monoisotopic (exact) mass is 371 g/mol. The topological polar surface area (TPSA) is 76.1 Å². The van der Waals surface area contributed by atoms with Gasteiger partial charge in [-0.05, 0) is 41.9 Å². The Morgan fingerprint density at radius 2 is 2.09 bits per heavy atom. The fourth-order valence-electron chi connectivity index (χ4n) is 2.31. The highest BCUT2D eigenvalue weighted by atomic mass is 79.9. The van der Waals surface area contributed by atoms with Crippen LogP contribution in [0.2, 0.25) is 0 Å². The van der Waals surface area contributed by atoms with E-state index in [0.29, 0.717) is 12.3 Å². The van der Waals surface area contributed by atoms with Gasteiger partial charge in [0, 0.05) is 6.54 Å². The van der Waals surface area contributed by atoms with Gasteiger partial charge in [-0.1, -0.05) is 12.1 Å². The molecular formula is C15H18BrNO5. The van der Waals surface area contributed by atoms with Crippen LogP contribution in [0.15, 0.2) is 28.7 Å². The summed E-state index contributed by atoms with van der Waals surface area (Å²) in [4.78, 5) is 25.0. The molecule has 6 nitrogen and oxygen atoms in total. The number of ether oxygens (including phenoxy) is 2. The molecule has 0 bridgehead atoms. The Bertz CT molecular complexity index is 565. The van der Waals surface area contributed by atoms with Gasteiger partial charge in [-0.25, -0.2) is 4.79 Å². The van der Waals surface area contributed by atoms with Crippen molar-refractivity contribution in [2.75, 3.05) is 13.1 Å². The van der Waals surface area contributed by atoms with Crippen LogP contribution in [-0.4, -0.2) is 53.3 Å². The summed E-state index contributed by atoms with van der Waals surface area (Å²) in [6.45, 7) is 3.78. The zero-order valence-corrected chi connectivity index (χ0v) is 13.9. The smallest absolute Gasteiger partial charge is 0.334 e. The van der Waals surface area contributed by atoms with Gasteiger partial charge in [0.05, 0.1) is 17.1 Å². The fourth-order valence-corrected chi connectivity index (χ4v) is 2.68. The molecule has 1 N–H and O–H groups in total. The summed E-state index contributed by atoms with van der Waals surface area (Å²) in [6.07, 6.45) is -2.03. The van der Waals surface area contributed by atoms with Crippen LogP contribution in [0.4, 0.5) is 0 Å². The summed E-state index contributed by atoms with van der Waals surface area (Å²) >= 11 is 3.36. The number of hydrogen-bond acceptors (Lipinski definition) is 4. The fraction of sp³-hybridized carbons (Fsp3) is 0.467. The maximum Gasteiger partial charge on any atom is 0.334 e. The molecule has 2 rings (SSSR count). The Morgan fingerprint density at radius 1 is 1.41 bits per heavy atom. The number of aliphatic carboxylic acids is 1. The number of benzene rings is 1. The van der Waals surface area contributed by atoms with Crippen LogP contribution >= 0.6 is 15.9 Å². The molecular weight excluding hydrogens is 354 g/mol. The highest BCUT2D eigenvalue weighted by molar-refractivity contribution is 9.10. The SMILES string of the molecule is CC(Oc1ccccc1Br)C(=O)N1CC(C(=O)O)O[C@H](C)C1. The Balaban J connectivity index is 2.03. The number of morpholine rings is 1. The van der Waals surface area contributed by atoms with Gasteiger partial charge in [0.1, 0.15) is 5.75 Å². The van der Waals surface area contributed by atoms with Crippen LogP contribution in [0.1, 0.15) is 13.8 Å². The third-order valence-electron chi connectivity index (χ3n) is 3.34. The minimum atomic E-state index is -1.07. The van der Waals surface area contributed by atoms with Gasteiger partial charge in [-0.3, -0.25) is 4.79 Å². The number of nitrogens with zero attached hydrogens (tertiary/aromatic N) is 1. The molecule has 1 amide bonds. The van der Waals surface area contributed by atoms with Gasteiger partial charge in [-0.2, -0.15) is 0 Å². The highest BCUT2D eigenvalue weighted by Gasteiger charge is 2.34. The maximum atomic E-state index is 12.5. The van der Waals surface area contributed by atoms with E-state index in [9.17, 15) is 9.59 Å². The normalized spacial score (nSPS) is 23.0. The van der Waals surface area contributed by atoms with E-state index in [1.807, 2.05) is 18.2 Å². The lowest BCUT2D eigenvalue weighted by Crippen LogP contribution is -2.54. The minimum Gasteiger partial charge on any atom is -0.480 e. The molecule has 1 saturated heterocycles. The first-order chi connectivity index (χ1) is 10.4. The summed E-state index contributed by atoms with van der Waals surface area (Å²) in [5, 5.41) is 9.07. The number of carboxylic acids is 1. The first kappa shape index (κ1) is 16.8. The van der Waals surface area contributed by atoms with E-state index in [2.05, 4.69) is 15.9 Å². The number of carbonyl (C=O) groups excluding carboxylic acids is 1. The molecule has 2 unspecified atom stereocenters.